The third-order valence-electron chi connectivity index (χ3n) is 4.12. The average Bonchev–Trinajstić information content (AvgIpc) is 3.25. The minimum atomic E-state index is -0.342. The summed E-state index contributed by atoms with van der Waals surface area (Å²) in [5.74, 6) is -0.0144. The summed E-state index contributed by atoms with van der Waals surface area (Å²) in [6.45, 7) is 0.676. The summed E-state index contributed by atoms with van der Waals surface area (Å²) >= 11 is 1.64. The number of carbonyl (C=O) groups is 2. The number of hydrogen-bond donors (Lipinski definition) is 1. The van der Waals surface area contributed by atoms with Gasteiger partial charge in [0.25, 0.3) is 0 Å². The second kappa shape index (κ2) is 7.42. The molecule has 0 spiro atoms. The molecule has 1 aromatic heterocycles. The molecular weight excluding hydrogens is 308 g/mol. The van der Waals surface area contributed by atoms with Crippen LogP contribution in [-0.4, -0.2) is 29.3 Å². The molecule has 0 saturated carbocycles. The van der Waals surface area contributed by atoms with Crippen LogP contribution < -0.4 is 5.32 Å². The van der Waals surface area contributed by atoms with Gasteiger partial charge in [0.15, 0.2) is 0 Å². The van der Waals surface area contributed by atoms with Gasteiger partial charge in [0.1, 0.15) is 6.04 Å². The van der Waals surface area contributed by atoms with Crippen LogP contribution in [0.15, 0.2) is 47.2 Å². The van der Waals surface area contributed by atoms with E-state index in [4.69, 9.17) is 0 Å². The van der Waals surface area contributed by atoms with Crippen LogP contribution in [0.1, 0.15) is 24.8 Å². The van der Waals surface area contributed by atoms with Crippen LogP contribution in [0, 0.1) is 0 Å². The predicted octanol–water partition coefficient (Wildman–Crippen LogP) is 3.31. The Labute approximate surface area is 140 Å². The summed E-state index contributed by atoms with van der Waals surface area (Å²) < 4.78 is 0. The third-order valence-corrected chi connectivity index (χ3v) is 4.86. The first-order valence-corrected chi connectivity index (χ1v) is 8.85. The molecule has 1 saturated heterocycles. The van der Waals surface area contributed by atoms with Crippen molar-refractivity contribution < 1.29 is 9.59 Å². The molecule has 1 N–H and O–H groups in total. The molecule has 1 aromatic carbocycles. The Hall–Kier alpha value is -2.14. The number of anilines is 1. The van der Waals surface area contributed by atoms with E-state index in [9.17, 15) is 9.59 Å². The summed E-state index contributed by atoms with van der Waals surface area (Å²) in [4.78, 5) is 26.7. The topological polar surface area (TPSA) is 49.4 Å². The lowest BCUT2D eigenvalue weighted by molar-refractivity contribution is -0.136. The molecule has 0 radical (unpaired) electrons. The van der Waals surface area contributed by atoms with Gasteiger partial charge in [-0.2, -0.15) is 11.3 Å². The van der Waals surface area contributed by atoms with E-state index in [-0.39, 0.29) is 17.9 Å². The Balaban J connectivity index is 1.58. The number of benzene rings is 1. The lowest BCUT2D eigenvalue weighted by Crippen LogP contribution is -2.43. The maximum absolute atomic E-state index is 12.5. The van der Waals surface area contributed by atoms with Crippen molar-refractivity contribution in [2.75, 3.05) is 11.9 Å². The summed E-state index contributed by atoms with van der Waals surface area (Å²) in [6, 6.07) is 11.1. The predicted molar refractivity (Wildman–Crippen MR) is 92.4 cm³/mol. The molecule has 1 fully saturated rings. The molecule has 1 aliphatic rings. The number of rotatable bonds is 5. The van der Waals surface area contributed by atoms with Gasteiger partial charge in [-0.1, -0.05) is 18.2 Å². The van der Waals surface area contributed by atoms with Crippen LogP contribution in [0.4, 0.5) is 5.69 Å². The Morgan fingerprint density at radius 3 is 2.78 bits per heavy atom. The number of para-hydroxylation sites is 1. The van der Waals surface area contributed by atoms with Gasteiger partial charge in [-0.05, 0) is 53.8 Å². The Bertz CT molecular complexity index is 655. The van der Waals surface area contributed by atoms with Crippen LogP contribution in [0.25, 0.3) is 0 Å². The number of nitrogens with one attached hydrogen (secondary N) is 1. The summed E-state index contributed by atoms with van der Waals surface area (Å²) in [6.07, 6.45) is 2.83. The molecule has 5 heteroatoms. The number of amides is 2. The van der Waals surface area contributed by atoms with Gasteiger partial charge in [0, 0.05) is 18.7 Å². The lowest BCUT2D eigenvalue weighted by Gasteiger charge is -2.24. The molecule has 2 aromatic rings. The van der Waals surface area contributed by atoms with E-state index >= 15 is 0 Å². The fourth-order valence-electron chi connectivity index (χ4n) is 2.91. The van der Waals surface area contributed by atoms with Crippen LogP contribution >= 0.6 is 11.3 Å². The molecule has 3 rings (SSSR count). The first-order chi connectivity index (χ1) is 11.2. The Morgan fingerprint density at radius 2 is 2.04 bits per heavy atom. The van der Waals surface area contributed by atoms with Gasteiger partial charge in [-0.3, -0.25) is 9.59 Å². The molecule has 0 unspecified atom stereocenters. The van der Waals surface area contributed by atoms with E-state index in [0.29, 0.717) is 13.0 Å². The first-order valence-electron chi connectivity index (χ1n) is 7.90. The van der Waals surface area contributed by atoms with Crippen LogP contribution in [-0.2, 0) is 16.0 Å². The number of aryl methyl sites for hydroxylation is 1. The van der Waals surface area contributed by atoms with Gasteiger partial charge in [0.05, 0.1) is 0 Å². The second-order valence-corrected chi connectivity index (χ2v) is 6.51. The van der Waals surface area contributed by atoms with Gasteiger partial charge < -0.3 is 10.2 Å². The largest absolute Gasteiger partial charge is 0.331 e. The highest BCUT2D eigenvalue weighted by atomic mass is 32.1. The molecule has 0 bridgehead atoms. The molecular formula is C18H20N2O2S. The van der Waals surface area contributed by atoms with E-state index < -0.39 is 0 Å². The fraction of sp³-hybridized carbons (Fsp3) is 0.333. The van der Waals surface area contributed by atoms with Gasteiger partial charge in [0.2, 0.25) is 11.8 Å². The van der Waals surface area contributed by atoms with Crippen molar-refractivity contribution in [3.05, 3.63) is 52.7 Å². The summed E-state index contributed by atoms with van der Waals surface area (Å²) in [5.41, 5.74) is 1.96. The quantitative estimate of drug-likeness (QED) is 0.915. The normalized spacial score (nSPS) is 17.2. The van der Waals surface area contributed by atoms with Crippen LogP contribution in [0.5, 0.6) is 0 Å². The molecule has 2 heterocycles. The second-order valence-electron chi connectivity index (χ2n) is 5.73. The summed E-state index contributed by atoms with van der Waals surface area (Å²) in [7, 11) is 0. The number of likely N-dealkylation sites (tertiary alicyclic amines) is 1. The smallest absolute Gasteiger partial charge is 0.247 e. The maximum Gasteiger partial charge on any atom is 0.247 e. The van der Waals surface area contributed by atoms with Crippen molar-refractivity contribution in [1.29, 1.82) is 0 Å². The molecule has 0 aliphatic carbocycles. The van der Waals surface area contributed by atoms with E-state index in [2.05, 4.69) is 10.7 Å². The fourth-order valence-corrected chi connectivity index (χ4v) is 3.62. The molecule has 120 valence electrons. The van der Waals surface area contributed by atoms with E-state index in [1.54, 1.807) is 16.2 Å². The first kappa shape index (κ1) is 15.7. The van der Waals surface area contributed by atoms with Crippen molar-refractivity contribution >= 4 is 28.8 Å². The lowest BCUT2D eigenvalue weighted by atomic mass is 10.1. The van der Waals surface area contributed by atoms with Crippen molar-refractivity contribution in [3.8, 4) is 0 Å². The van der Waals surface area contributed by atoms with Crippen molar-refractivity contribution in [3.63, 3.8) is 0 Å². The van der Waals surface area contributed by atoms with Crippen LogP contribution in [0.3, 0.4) is 0 Å². The molecule has 1 atom stereocenters. The zero-order valence-corrected chi connectivity index (χ0v) is 13.7. The van der Waals surface area contributed by atoms with Crippen molar-refractivity contribution in [2.45, 2.75) is 31.7 Å². The summed E-state index contributed by atoms with van der Waals surface area (Å²) in [5, 5.41) is 6.99. The standard InChI is InChI=1S/C18H20N2O2S/c21-17(9-8-14-10-12-23-13-14)20-11-4-7-16(20)18(22)19-15-5-2-1-3-6-15/h1-3,5-6,10,12-13,16H,4,7-9,11H2,(H,19,22)/t16-/m1/s1. The number of carbonyl (C=O) groups excluding carboxylic acids is 2. The van der Waals surface area contributed by atoms with E-state index in [0.717, 1.165) is 24.9 Å². The third kappa shape index (κ3) is 3.99. The van der Waals surface area contributed by atoms with Crippen LogP contribution in [0.2, 0.25) is 0 Å². The molecule has 4 nitrogen and oxygen atoms in total. The van der Waals surface area contributed by atoms with Crippen molar-refractivity contribution in [1.82, 2.24) is 4.90 Å². The van der Waals surface area contributed by atoms with E-state index in [1.165, 1.54) is 5.56 Å². The minimum absolute atomic E-state index is 0.0712. The Kier molecular flexibility index (Phi) is 5.08. The molecule has 2 amide bonds. The van der Waals surface area contributed by atoms with Gasteiger partial charge in [-0.15, -0.1) is 0 Å². The number of nitrogens with zero attached hydrogens (tertiary/aromatic N) is 1. The van der Waals surface area contributed by atoms with E-state index in [1.807, 2.05) is 41.8 Å². The monoisotopic (exact) mass is 328 g/mol. The van der Waals surface area contributed by atoms with Gasteiger partial charge >= 0.3 is 0 Å². The SMILES string of the molecule is O=C(Nc1ccccc1)[C@H]1CCCN1C(=O)CCc1ccsc1. The Morgan fingerprint density at radius 1 is 1.22 bits per heavy atom. The highest BCUT2D eigenvalue weighted by Gasteiger charge is 2.33. The zero-order chi connectivity index (χ0) is 16.1. The molecule has 23 heavy (non-hydrogen) atoms. The highest BCUT2D eigenvalue weighted by molar-refractivity contribution is 7.07. The number of hydrogen-bond acceptors (Lipinski definition) is 3. The number of thiophene rings is 1. The van der Waals surface area contributed by atoms with Gasteiger partial charge in [-0.25, -0.2) is 0 Å². The molecule has 1 aliphatic heterocycles. The van der Waals surface area contributed by atoms with Crippen molar-refractivity contribution in [2.24, 2.45) is 0 Å². The average molecular weight is 328 g/mol. The minimum Gasteiger partial charge on any atom is -0.331 e. The highest BCUT2D eigenvalue weighted by Crippen LogP contribution is 2.21. The zero-order valence-electron chi connectivity index (χ0n) is 12.9. The maximum atomic E-state index is 12.5.